The molecule has 22 heavy (non-hydrogen) atoms. The Kier molecular flexibility index (Phi) is 5.12. The fourth-order valence-corrected chi connectivity index (χ4v) is 1.81. The van der Waals surface area contributed by atoms with E-state index < -0.39 is 5.91 Å². The van der Waals surface area contributed by atoms with Gasteiger partial charge in [0.25, 0.3) is 5.91 Å². The third-order valence-electron chi connectivity index (χ3n) is 2.67. The van der Waals surface area contributed by atoms with Crippen molar-refractivity contribution >= 4 is 28.9 Å². The maximum atomic E-state index is 12.8. The van der Waals surface area contributed by atoms with Gasteiger partial charge in [0.2, 0.25) is 0 Å². The summed E-state index contributed by atoms with van der Waals surface area (Å²) in [4.78, 5) is 12.0. The van der Waals surface area contributed by atoms with Crippen molar-refractivity contribution in [1.29, 1.82) is 5.26 Å². The highest BCUT2D eigenvalue weighted by atomic mass is 35.5. The molecular weight excluding hydrogens is 305 g/mol. The zero-order valence-electron chi connectivity index (χ0n) is 11.3. The van der Waals surface area contributed by atoms with Crippen LogP contribution >= 0.6 is 11.6 Å². The molecule has 2 aromatic carbocycles. The van der Waals surface area contributed by atoms with Crippen LogP contribution < -0.4 is 10.6 Å². The van der Waals surface area contributed by atoms with Gasteiger partial charge in [-0.2, -0.15) is 5.26 Å². The topological polar surface area (TPSA) is 64.9 Å². The average Bonchev–Trinajstić information content (AvgIpc) is 2.49. The van der Waals surface area contributed by atoms with Crippen LogP contribution in [0.3, 0.4) is 0 Å². The highest BCUT2D eigenvalue weighted by Gasteiger charge is 2.09. The zero-order valence-corrected chi connectivity index (χ0v) is 12.1. The first-order chi connectivity index (χ1) is 10.6. The number of carbonyl (C=O) groups is 1. The van der Waals surface area contributed by atoms with Gasteiger partial charge in [0.05, 0.1) is 0 Å². The van der Waals surface area contributed by atoms with E-state index in [1.807, 2.05) is 0 Å². The lowest BCUT2D eigenvalue weighted by Crippen LogP contribution is -2.14. The summed E-state index contributed by atoms with van der Waals surface area (Å²) in [5.74, 6) is -0.937. The summed E-state index contributed by atoms with van der Waals surface area (Å²) in [6.07, 6.45) is 1.26. The molecule has 2 aromatic rings. The van der Waals surface area contributed by atoms with Gasteiger partial charge in [-0.3, -0.25) is 4.79 Å². The van der Waals surface area contributed by atoms with Gasteiger partial charge in [0, 0.05) is 22.6 Å². The van der Waals surface area contributed by atoms with E-state index in [1.165, 1.54) is 30.5 Å². The monoisotopic (exact) mass is 315 g/mol. The van der Waals surface area contributed by atoms with E-state index in [4.69, 9.17) is 16.9 Å². The van der Waals surface area contributed by atoms with Gasteiger partial charge in [0.15, 0.2) is 0 Å². The van der Waals surface area contributed by atoms with E-state index in [1.54, 1.807) is 30.3 Å². The Balaban J connectivity index is 2.07. The number of hydrogen-bond donors (Lipinski definition) is 2. The van der Waals surface area contributed by atoms with Crippen LogP contribution in [0.2, 0.25) is 5.02 Å². The van der Waals surface area contributed by atoms with Crippen molar-refractivity contribution in [2.45, 2.75) is 0 Å². The third-order valence-corrected chi connectivity index (χ3v) is 2.91. The number of nitriles is 1. The molecule has 6 heteroatoms. The van der Waals surface area contributed by atoms with Crippen LogP contribution in [0.5, 0.6) is 0 Å². The molecular formula is C16H11ClFN3O. The van der Waals surface area contributed by atoms with E-state index in [0.29, 0.717) is 16.4 Å². The second kappa shape index (κ2) is 7.25. The highest BCUT2D eigenvalue weighted by molar-refractivity contribution is 6.31. The van der Waals surface area contributed by atoms with Crippen molar-refractivity contribution in [3.63, 3.8) is 0 Å². The van der Waals surface area contributed by atoms with E-state index in [-0.39, 0.29) is 11.4 Å². The minimum absolute atomic E-state index is 0.121. The fraction of sp³-hybridized carbons (Fsp3) is 0. The lowest BCUT2D eigenvalue weighted by atomic mass is 10.2. The molecule has 2 rings (SSSR count). The first-order valence-electron chi connectivity index (χ1n) is 6.28. The standard InChI is InChI=1S/C16H11ClFN3O/c17-12-2-1-3-15(8-12)21-16(22)11(9-19)10-20-14-6-4-13(18)5-7-14/h1-8,10,20H,(H,21,22)/b11-10-. The van der Waals surface area contributed by atoms with Crippen molar-refractivity contribution in [3.05, 3.63) is 71.1 Å². The molecule has 0 aromatic heterocycles. The lowest BCUT2D eigenvalue weighted by Gasteiger charge is -2.05. The highest BCUT2D eigenvalue weighted by Crippen LogP contribution is 2.16. The first kappa shape index (κ1) is 15.5. The van der Waals surface area contributed by atoms with Crippen molar-refractivity contribution in [3.8, 4) is 6.07 Å². The molecule has 0 aliphatic heterocycles. The Morgan fingerprint density at radius 1 is 1.18 bits per heavy atom. The maximum Gasteiger partial charge on any atom is 0.267 e. The molecule has 0 aliphatic rings. The smallest absolute Gasteiger partial charge is 0.267 e. The second-order valence-corrected chi connectivity index (χ2v) is 4.72. The molecule has 0 spiro atoms. The van der Waals surface area contributed by atoms with E-state index in [0.717, 1.165) is 0 Å². The third kappa shape index (κ3) is 4.33. The van der Waals surface area contributed by atoms with Gasteiger partial charge in [-0.05, 0) is 42.5 Å². The number of nitrogens with zero attached hydrogens (tertiary/aromatic N) is 1. The van der Waals surface area contributed by atoms with Gasteiger partial charge in [-0.15, -0.1) is 0 Å². The number of benzene rings is 2. The molecule has 0 heterocycles. The largest absolute Gasteiger partial charge is 0.360 e. The summed E-state index contributed by atoms with van der Waals surface area (Å²) in [6, 6.07) is 13.9. The molecule has 0 radical (unpaired) electrons. The van der Waals surface area contributed by atoms with Gasteiger partial charge in [-0.1, -0.05) is 17.7 Å². The summed E-state index contributed by atoms with van der Waals surface area (Å²) in [6.45, 7) is 0. The van der Waals surface area contributed by atoms with E-state index in [2.05, 4.69) is 10.6 Å². The number of carbonyl (C=O) groups excluding carboxylic acids is 1. The molecule has 1 amide bonds. The minimum Gasteiger partial charge on any atom is -0.360 e. The van der Waals surface area contributed by atoms with Crippen LogP contribution in [0.4, 0.5) is 15.8 Å². The van der Waals surface area contributed by atoms with Gasteiger partial charge in [-0.25, -0.2) is 4.39 Å². The van der Waals surface area contributed by atoms with Crippen LogP contribution in [0.1, 0.15) is 0 Å². The Labute approximate surface area is 131 Å². The first-order valence-corrected chi connectivity index (χ1v) is 6.65. The van der Waals surface area contributed by atoms with E-state index >= 15 is 0 Å². The SMILES string of the molecule is N#C/C(=C/Nc1ccc(F)cc1)C(=O)Nc1cccc(Cl)c1. The van der Waals surface area contributed by atoms with Crippen molar-refractivity contribution in [1.82, 2.24) is 0 Å². The number of rotatable bonds is 4. The number of anilines is 2. The summed E-state index contributed by atoms with van der Waals surface area (Å²) < 4.78 is 12.8. The predicted octanol–water partition coefficient (Wildman–Crippen LogP) is 3.94. The average molecular weight is 316 g/mol. The second-order valence-electron chi connectivity index (χ2n) is 4.29. The van der Waals surface area contributed by atoms with Crippen LogP contribution in [0, 0.1) is 17.1 Å². The zero-order chi connectivity index (χ0) is 15.9. The van der Waals surface area contributed by atoms with Gasteiger partial charge < -0.3 is 10.6 Å². The van der Waals surface area contributed by atoms with Gasteiger partial charge in [0.1, 0.15) is 17.5 Å². The molecule has 4 nitrogen and oxygen atoms in total. The molecule has 0 unspecified atom stereocenters. The Bertz CT molecular complexity index is 751. The maximum absolute atomic E-state index is 12.8. The fourth-order valence-electron chi connectivity index (χ4n) is 1.61. The quantitative estimate of drug-likeness (QED) is 0.663. The molecule has 0 aliphatic carbocycles. The van der Waals surface area contributed by atoms with E-state index in [9.17, 15) is 9.18 Å². The van der Waals surface area contributed by atoms with Crippen LogP contribution in [-0.4, -0.2) is 5.91 Å². The molecule has 0 bridgehead atoms. The molecule has 0 saturated heterocycles. The van der Waals surface area contributed by atoms with Crippen LogP contribution in [0.15, 0.2) is 60.3 Å². The van der Waals surface area contributed by atoms with Crippen LogP contribution in [-0.2, 0) is 4.79 Å². The molecule has 0 atom stereocenters. The molecule has 110 valence electrons. The summed E-state index contributed by atoms with van der Waals surface area (Å²) in [7, 11) is 0. The predicted molar refractivity (Wildman–Crippen MR) is 83.8 cm³/mol. The van der Waals surface area contributed by atoms with Crippen LogP contribution in [0.25, 0.3) is 0 Å². The summed E-state index contributed by atoms with van der Waals surface area (Å²) in [5, 5.41) is 14.9. The van der Waals surface area contributed by atoms with Crippen molar-refractivity contribution < 1.29 is 9.18 Å². The number of amides is 1. The normalized spacial score (nSPS) is 10.7. The minimum atomic E-state index is -0.570. The van der Waals surface area contributed by atoms with Gasteiger partial charge >= 0.3 is 0 Å². The number of hydrogen-bond acceptors (Lipinski definition) is 3. The Hall–Kier alpha value is -2.84. The molecule has 2 N–H and O–H groups in total. The number of nitrogens with one attached hydrogen (secondary N) is 2. The lowest BCUT2D eigenvalue weighted by molar-refractivity contribution is -0.112. The molecule has 0 fully saturated rings. The summed E-state index contributed by atoms with van der Waals surface area (Å²) >= 11 is 5.82. The Morgan fingerprint density at radius 2 is 1.91 bits per heavy atom. The Morgan fingerprint density at radius 3 is 2.55 bits per heavy atom. The summed E-state index contributed by atoms with van der Waals surface area (Å²) in [5.41, 5.74) is 0.925. The van der Waals surface area contributed by atoms with Crippen molar-refractivity contribution in [2.75, 3.05) is 10.6 Å². The number of halogens is 2. The molecule has 0 saturated carbocycles. The van der Waals surface area contributed by atoms with Crippen molar-refractivity contribution in [2.24, 2.45) is 0 Å².